The molecular weight excluding hydrogens is 308 g/mol. The van der Waals surface area contributed by atoms with Crippen LogP contribution in [0.3, 0.4) is 0 Å². The fourth-order valence-corrected chi connectivity index (χ4v) is 3.03. The highest BCUT2D eigenvalue weighted by Crippen LogP contribution is 2.33. The van der Waals surface area contributed by atoms with Crippen LogP contribution in [0.25, 0.3) is 0 Å². The fraction of sp³-hybridized carbons (Fsp3) is 0.167. The Morgan fingerprint density at radius 3 is 2.46 bits per heavy atom. The van der Waals surface area contributed by atoms with Crippen molar-refractivity contribution in [2.45, 2.75) is 6.42 Å². The summed E-state index contributed by atoms with van der Waals surface area (Å²) in [6, 6.07) is 12.1. The average molecular weight is 322 g/mol. The number of amides is 3. The van der Waals surface area contributed by atoms with Crippen molar-refractivity contribution in [3.8, 4) is 5.75 Å². The molecule has 0 saturated heterocycles. The second-order valence-corrected chi connectivity index (χ2v) is 5.68. The van der Waals surface area contributed by atoms with Crippen LogP contribution in [-0.4, -0.2) is 35.8 Å². The summed E-state index contributed by atoms with van der Waals surface area (Å²) in [5.74, 6) is -0.665. The summed E-state index contributed by atoms with van der Waals surface area (Å²) in [5, 5.41) is 2.73. The molecule has 120 valence electrons. The van der Waals surface area contributed by atoms with Gasteiger partial charge in [-0.2, -0.15) is 0 Å². The maximum Gasteiger partial charge on any atom is 0.262 e. The summed E-state index contributed by atoms with van der Waals surface area (Å²) in [6.07, 6.45) is 0.803. The molecule has 2 aromatic rings. The number of hydrogen-bond acceptors (Lipinski definition) is 4. The standard InChI is InChI=1S/C18H14N2O4/c21-15(19-14-7-3-4-11-8-9-24-16(11)14)10-20-17(22)12-5-1-2-6-13(12)18(20)23/h1-7H,8-10H2,(H,19,21). The summed E-state index contributed by atoms with van der Waals surface area (Å²) < 4.78 is 5.53. The van der Waals surface area contributed by atoms with Crippen LogP contribution in [0.15, 0.2) is 42.5 Å². The zero-order valence-corrected chi connectivity index (χ0v) is 12.7. The number of imide groups is 1. The topological polar surface area (TPSA) is 75.7 Å². The lowest BCUT2D eigenvalue weighted by Crippen LogP contribution is -2.37. The minimum absolute atomic E-state index is 0.323. The van der Waals surface area contributed by atoms with Gasteiger partial charge in [-0.25, -0.2) is 0 Å². The monoisotopic (exact) mass is 322 g/mol. The highest BCUT2D eigenvalue weighted by molar-refractivity contribution is 6.22. The van der Waals surface area contributed by atoms with Crippen molar-refractivity contribution in [1.29, 1.82) is 0 Å². The Morgan fingerprint density at radius 2 is 1.75 bits per heavy atom. The number of rotatable bonds is 3. The van der Waals surface area contributed by atoms with Gasteiger partial charge in [0.2, 0.25) is 5.91 Å². The lowest BCUT2D eigenvalue weighted by molar-refractivity contribution is -0.116. The molecule has 2 aliphatic rings. The van der Waals surface area contributed by atoms with Gasteiger partial charge in [0.25, 0.3) is 11.8 Å². The molecule has 0 fully saturated rings. The van der Waals surface area contributed by atoms with Gasteiger partial charge in [0, 0.05) is 6.42 Å². The van der Waals surface area contributed by atoms with E-state index in [1.54, 1.807) is 30.3 Å². The lowest BCUT2D eigenvalue weighted by atomic mass is 10.1. The number of fused-ring (bicyclic) bond motifs is 2. The minimum atomic E-state index is -0.444. The van der Waals surface area contributed by atoms with Crippen molar-refractivity contribution < 1.29 is 19.1 Å². The Hall–Kier alpha value is -3.15. The Labute approximate surface area is 138 Å². The number of carbonyl (C=O) groups is 3. The molecule has 2 aliphatic heterocycles. The van der Waals surface area contributed by atoms with E-state index in [-0.39, 0.29) is 6.54 Å². The third-order valence-electron chi connectivity index (χ3n) is 4.17. The first-order chi connectivity index (χ1) is 11.6. The number of benzene rings is 2. The van der Waals surface area contributed by atoms with Crippen molar-refractivity contribution in [2.75, 3.05) is 18.5 Å². The van der Waals surface area contributed by atoms with E-state index in [0.717, 1.165) is 16.9 Å². The molecule has 0 aromatic heterocycles. The Balaban J connectivity index is 1.51. The van der Waals surface area contributed by atoms with Gasteiger partial charge in [0.1, 0.15) is 12.3 Å². The Kier molecular flexibility index (Phi) is 3.30. The molecule has 3 amide bonds. The van der Waals surface area contributed by atoms with E-state index in [9.17, 15) is 14.4 Å². The van der Waals surface area contributed by atoms with E-state index >= 15 is 0 Å². The van der Waals surface area contributed by atoms with E-state index in [2.05, 4.69) is 5.32 Å². The average Bonchev–Trinajstić information content (AvgIpc) is 3.16. The van der Waals surface area contributed by atoms with Gasteiger partial charge >= 0.3 is 0 Å². The number of hydrogen-bond donors (Lipinski definition) is 1. The van der Waals surface area contributed by atoms with Crippen molar-refractivity contribution in [3.63, 3.8) is 0 Å². The predicted molar refractivity (Wildman–Crippen MR) is 86.1 cm³/mol. The molecule has 6 nitrogen and oxygen atoms in total. The highest BCUT2D eigenvalue weighted by Gasteiger charge is 2.36. The second-order valence-electron chi connectivity index (χ2n) is 5.68. The van der Waals surface area contributed by atoms with E-state index in [4.69, 9.17) is 4.74 Å². The quantitative estimate of drug-likeness (QED) is 0.875. The summed E-state index contributed by atoms with van der Waals surface area (Å²) in [6.45, 7) is 0.261. The van der Waals surface area contributed by atoms with Crippen LogP contribution in [-0.2, 0) is 11.2 Å². The normalized spacial score (nSPS) is 15.1. The number of ether oxygens (including phenoxy) is 1. The minimum Gasteiger partial charge on any atom is -0.491 e. The maximum absolute atomic E-state index is 12.3. The third-order valence-corrected chi connectivity index (χ3v) is 4.17. The van der Waals surface area contributed by atoms with Gasteiger partial charge in [-0.1, -0.05) is 24.3 Å². The van der Waals surface area contributed by atoms with Crippen LogP contribution in [0.2, 0.25) is 0 Å². The fourth-order valence-electron chi connectivity index (χ4n) is 3.03. The van der Waals surface area contributed by atoms with Gasteiger partial charge in [-0.05, 0) is 23.8 Å². The molecular formula is C18H14N2O4. The molecule has 1 N–H and O–H groups in total. The first-order valence-corrected chi connectivity index (χ1v) is 7.65. The van der Waals surface area contributed by atoms with E-state index < -0.39 is 17.7 Å². The SMILES string of the molecule is O=C(CN1C(=O)c2ccccc2C1=O)Nc1cccc2c1OCC2. The first-order valence-electron chi connectivity index (χ1n) is 7.65. The van der Waals surface area contributed by atoms with Crippen LogP contribution in [0, 0.1) is 0 Å². The molecule has 0 spiro atoms. The molecule has 0 saturated carbocycles. The molecule has 2 aromatic carbocycles. The largest absolute Gasteiger partial charge is 0.491 e. The smallest absolute Gasteiger partial charge is 0.262 e. The summed E-state index contributed by atoms with van der Waals surface area (Å²) in [5.41, 5.74) is 2.26. The number of carbonyl (C=O) groups excluding carboxylic acids is 3. The zero-order chi connectivity index (χ0) is 16.7. The van der Waals surface area contributed by atoms with E-state index in [0.29, 0.717) is 29.2 Å². The highest BCUT2D eigenvalue weighted by atomic mass is 16.5. The first kappa shape index (κ1) is 14.4. The number of nitrogens with zero attached hydrogens (tertiary/aromatic N) is 1. The van der Waals surface area contributed by atoms with Gasteiger partial charge in [0.15, 0.2) is 0 Å². The van der Waals surface area contributed by atoms with Crippen LogP contribution < -0.4 is 10.1 Å². The van der Waals surface area contributed by atoms with Crippen LogP contribution in [0.5, 0.6) is 5.75 Å². The lowest BCUT2D eigenvalue weighted by Gasteiger charge is -2.14. The van der Waals surface area contributed by atoms with Crippen molar-refractivity contribution in [2.24, 2.45) is 0 Å². The molecule has 24 heavy (non-hydrogen) atoms. The number of nitrogens with one attached hydrogen (secondary N) is 1. The van der Waals surface area contributed by atoms with Gasteiger partial charge in [-0.15, -0.1) is 0 Å². The summed E-state index contributed by atoms with van der Waals surface area (Å²) in [4.78, 5) is 37.8. The molecule has 0 bridgehead atoms. The molecule has 2 heterocycles. The number of anilines is 1. The maximum atomic E-state index is 12.3. The second kappa shape index (κ2) is 5.49. The predicted octanol–water partition coefficient (Wildman–Crippen LogP) is 1.86. The molecule has 0 unspecified atom stereocenters. The molecule has 0 aliphatic carbocycles. The molecule has 0 radical (unpaired) electrons. The summed E-state index contributed by atoms with van der Waals surface area (Å²) >= 11 is 0. The van der Waals surface area contributed by atoms with Crippen molar-refractivity contribution >= 4 is 23.4 Å². The Morgan fingerprint density at radius 1 is 1.04 bits per heavy atom. The Bertz CT molecular complexity index is 840. The van der Waals surface area contributed by atoms with Gasteiger partial charge < -0.3 is 10.1 Å². The van der Waals surface area contributed by atoms with Crippen LogP contribution in [0.1, 0.15) is 26.3 Å². The van der Waals surface area contributed by atoms with Crippen LogP contribution >= 0.6 is 0 Å². The summed E-state index contributed by atoms with van der Waals surface area (Å²) in [7, 11) is 0. The van der Waals surface area contributed by atoms with E-state index in [1.165, 1.54) is 0 Å². The van der Waals surface area contributed by atoms with E-state index in [1.807, 2.05) is 12.1 Å². The molecule has 4 rings (SSSR count). The number of para-hydroxylation sites is 1. The van der Waals surface area contributed by atoms with Gasteiger partial charge in [0.05, 0.1) is 23.4 Å². The molecule has 6 heteroatoms. The van der Waals surface area contributed by atoms with Crippen LogP contribution in [0.4, 0.5) is 5.69 Å². The van der Waals surface area contributed by atoms with Crippen molar-refractivity contribution in [3.05, 3.63) is 59.2 Å². The zero-order valence-electron chi connectivity index (χ0n) is 12.7. The van der Waals surface area contributed by atoms with Gasteiger partial charge in [-0.3, -0.25) is 19.3 Å². The molecule has 0 atom stereocenters. The van der Waals surface area contributed by atoms with Crippen molar-refractivity contribution in [1.82, 2.24) is 4.90 Å². The third kappa shape index (κ3) is 2.23.